The smallest absolute Gasteiger partial charge is 0.246 e. The first-order valence-corrected chi connectivity index (χ1v) is 8.22. The Balaban J connectivity index is 2.25. The second-order valence-corrected chi connectivity index (χ2v) is 6.76. The van der Waals surface area contributed by atoms with Gasteiger partial charge in [-0.25, -0.2) is 8.42 Å². The fraction of sp³-hybridized carbons (Fsp3) is 0.462. The molecular weight excluding hydrogens is 280 g/mol. The summed E-state index contributed by atoms with van der Waals surface area (Å²) in [6.07, 6.45) is 2.50. The van der Waals surface area contributed by atoms with E-state index in [1.54, 1.807) is 19.2 Å². The average Bonchev–Trinajstić information content (AvgIpc) is 2.37. The van der Waals surface area contributed by atoms with E-state index in [9.17, 15) is 13.2 Å². The Labute approximate surface area is 118 Å². The van der Waals surface area contributed by atoms with E-state index in [0.717, 1.165) is 12.7 Å². The molecule has 6 nitrogen and oxygen atoms in total. The van der Waals surface area contributed by atoms with Crippen LogP contribution in [0.5, 0.6) is 0 Å². The Kier molecular flexibility index (Phi) is 4.29. The summed E-state index contributed by atoms with van der Waals surface area (Å²) in [6, 6.07) is 4.53. The number of carbonyl (C=O) groups excluding carboxylic acids is 1. The van der Waals surface area contributed by atoms with Gasteiger partial charge in [0.15, 0.2) is 9.84 Å². The predicted molar refractivity (Wildman–Crippen MR) is 76.7 cm³/mol. The summed E-state index contributed by atoms with van der Waals surface area (Å²) in [4.78, 5) is 12.2. The van der Waals surface area contributed by atoms with Crippen molar-refractivity contribution in [3.8, 4) is 0 Å². The third-order valence-corrected chi connectivity index (χ3v) is 4.30. The molecule has 1 aliphatic heterocycles. The van der Waals surface area contributed by atoms with Gasteiger partial charge in [0.25, 0.3) is 0 Å². The molecule has 1 amide bonds. The molecule has 0 spiro atoms. The fourth-order valence-corrected chi connectivity index (χ4v) is 3.05. The number of ether oxygens (including phenoxy) is 1. The van der Waals surface area contributed by atoms with Crippen LogP contribution in [0.15, 0.2) is 23.1 Å². The van der Waals surface area contributed by atoms with Gasteiger partial charge in [-0.1, -0.05) is 6.07 Å². The van der Waals surface area contributed by atoms with Gasteiger partial charge in [0.2, 0.25) is 5.91 Å². The Morgan fingerprint density at radius 2 is 2.10 bits per heavy atom. The number of anilines is 2. The van der Waals surface area contributed by atoms with Crippen LogP contribution in [0.4, 0.5) is 11.4 Å². The second kappa shape index (κ2) is 5.80. The van der Waals surface area contributed by atoms with Crippen LogP contribution in [0.1, 0.15) is 12.8 Å². The van der Waals surface area contributed by atoms with Crippen molar-refractivity contribution < 1.29 is 17.9 Å². The number of nitrogens with one attached hydrogen (secondary N) is 2. The van der Waals surface area contributed by atoms with Gasteiger partial charge in [0.05, 0.1) is 16.3 Å². The van der Waals surface area contributed by atoms with Crippen LogP contribution >= 0.6 is 0 Å². The van der Waals surface area contributed by atoms with E-state index in [-0.39, 0.29) is 16.8 Å². The fourth-order valence-electron chi connectivity index (χ4n) is 2.19. The molecule has 7 heteroatoms. The van der Waals surface area contributed by atoms with Crippen molar-refractivity contribution in [3.63, 3.8) is 0 Å². The van der Waals surface area contributed by atoms with Gasteiger partial charge in [-0.05, 0) is 25.0 Å². The van der Waals surface area contributed by atoms with Gasteiger partial charge in [0.1, 0.15) is 6.04 Å². The molecule has 1 aromatic rings. The lowest BCUT2D eigenvalue weighted by molar-refractivity contribution is -0.117. The first kappa shape index (κ1) is 14.8. The maximum Gasteiger partial charge on any atom is 0.246 e. The molecule has 20 heavy (non-hydrogen) atoms. The van der Waals surface area contributed by atoms with Crippen molar-refractivity contribution >= 4 is 27.1 Å². The van der Waals surface area contributed by atoms with E-state index in [0.29, 0.717) is 24.4 Å². The minimum absolute atomic E-state index is 0.131. The molecule has 2 rings (SSSR count). The molecule has 110 valence electrons. The highest BCUT2D eigenvalue weighted by atomic mass is 32.2. The number of carbonyl (C=O) groups is 1. The zero-order chi connectivity index (χ0) is 14.8. The number of benzene rings is 1. The molecule has 1 aromatic carbocycles. The largest absolute Gasteiger partial charge is 0.385 e. The van der Waals surface area contributed by atoms with Crippen LogP contribution in [0.25, 0.3) is 0 Å². The highest BCUT2D eigenvalue weighted by molar-refractivity contribution is 7.90. The SMILES string of the molecule is COCCCC1Nc2cccc(S(C)(=O)=O)c2NC1=O. The average molecular weight is 298 g/mol. The van der Waals surface area contributed by atoms with Gasteiger partial charge in [-0.3, -0.25) is 4.79 Å². The third kappa shape index (κ3) is 3.10. The number of hydrogen-bond acceptors (Lipinski definition) is 5. The molecule has 1 aliphatic rings. The minimum atomic E-state index is -3.38. The minimum Gasteiger partial charge on any atom is -0.385 e. The quantitative estimate of drug-likeness (QED) is 0.799. The highest BCUT2D eigenvalue weighted by Crippen LogP contribution is 2.33. The summed E-state index contributed by atoms with van der Waals surface area (Å²) >= 11 is 0. The number of fused-ring (bicyclic) bond motifs is 1. The molecule has 0 bridgehead atoms. The number of amides is 1. The van der Waals surface area contributed by atoms with Crippen LogP contribution < -0.4 is 10.6 Å². The van der Waals surface area contributed by atoms with Gasteiger partial charge >= 0.3 is 0 Å². The molecule has 0 aliphatic carbocycles. The Hall–Kier alpha value is -1.60. The lowest BCUT2D eigenvalue weighted by atomic mass is 10.1. The van der Waals surface area contributed by atoms with E-state index in [2.05, 4.69) is 10.6 Å². The molecular formula is C13H18N2O4S. The molecule has 0 aromatic heterocycles. The Bertz CT molecular complexity index is 613. The number of sulfone groups is 1. The summed E-state index contributed by atoms with van der Waals surface area (Å²) in [5.74, 6) is -0.218. The lowest BCUT2D eigenvalue weighted by Crippen LogP contribution is -2.39. The standard InChI is InChI=1S/C13H18N2O4S/c1-19-8-4-6-10-13(16)15-12-9(14-10)5-3-7-11(12)20(2,17)18/h3,5,7,10,14H,4,6,8H2,1-2H3,(H,15,16). The molecule has 1 atom stereocenters. The topological polar surface area (TPSA) is 84.5 Å². The summed E-state index contributed by atoms with van der Waals surface area (Å²) in [7, 11) is -1.77. The molecule has 0 saturated heterocycles. The lowest BCUT2D eigenvalue weighted by Gasteiger charge is -2.28. The van der Waals surface area contributed by atoms with E-state index in [1.807, 2.05) is 0 Å². The predicted octanol–water partition coefficient (Wildman–Crippen LogP) is 1.25. The summed E-state index contributed by atoms with van der Waals surface area (Å²) in [5.41, 5.74) is 0.970. The first-order chi connectivity index (χ1) is 9.43. The van der Waals surface area contributed by atoms with Crippen LogP contribution in [0.3, 0.4) is 0 Å². The van der Waals surface area contributed by atoms with E-state index >= 15 is 0 Å². The number of rotatable bonds is 5. The molecule has 0 radical (unpaired) electrons. The maximum absolute atomic E-state index is 12.0. The Morgan fingerprint density at radius 1 is 1.35 bits per heavy atom. The van der Waals surface area contributed by atoms with Crippen LogP contribution in [-0.4, -0.2) is 40.3 Å². The second-order valence-electron chi connectivity index (χ2n) is 4.77. The number of para-hydroxylation sites is 1. The van der Waals surface area contributed by atoms with Crippen molar-refractivity contribution in [3.05, 3.63) is 18.2 Å². The van der Waals surface area contributed by atoms with Gasteiger partial charge < -0.3 is 15.4 Å². The number of methoxy groups -OCH3 is 1. The van der Waals surface area contributed by atoms with Crippen LogP contribution in [-0.2, 0) is 19.4 Å². The van der Waals surface area contributed by atoms with Crippen molar-refractivity contribution in [2.24, 2.45) is 0 Å². The van der Waals surface area contributed by atoms with Gasteiger partial charge in [-0.2, -0.15) is 0 Å². The number of hydrogen-bond donors (Lipinski definition) is 2. The summed E-state index contributed by atoms with van der Waals surface area (Å²) in [5, 5.41) is 5.78. The highest BCUT2D eigenvalue weighted by Gasteiger charge is 2.28. The monoisotopic (exact) mass is 298 g/mol. The zero-order valence-electron chi connectivity index (χ0n) is 11.5. The van der Waals surface area contributed by atoms with Gasteiger partial charge in [0, 0.05) is 20.0 Å². The molecule has 2 N–H and O–H groups in total. The van der Waals surface area contributed by atoms with Crippen molar-refractivity contribution in [2.45, 2.75) is 23.8 Å². The summed E-state index contributed by atoms with van der Waals surface area (Å²) in [6.45, 7) is 0.585. The Morgan fingerprint density at radius 3 is 2.75 bits per heavy atom. The molecule has 0 saturated carbocycles. The van der Waals surface area contributed by atoms with E-state index < -0.39 is 9.84 Å². The molecule has 1 unspecified atom stereocenters. The molecule has 1 heterocycles. The van der Waals surface area contributed by atoms with Crippen molar-refractivity contribution in [1.82, 2.24) is 0 Å². The van der Waals surface area contributed by atoms with Crippen LogP contribution in [0, 0.1) is 0 Å². The van der Waals surface area contributed by atoms with Crippen molar-refractivity contribution in [1.29, 1.82) is 0 Å². The van der Waals surface area contributed by atoms with Crippen molar-refractivity contribution in [2.75, 3.05) is 30.6 Å². The molecule has 0 fully saturated rings. The third-order valence-electron chi connectivity index (χ3n) is 3.16. The van der Waals surface area contributed by atoms with E-state index in [1.165, 1.54) is 6.07 Å². The van der Waals surface area contributed by atoms with Crippen LogP contribution in [0.2, 0.25) is 0 Å². The normalized spacial score (nSPS) is 18.1. The van der Waals surface area contributed by atoms with E-state index in [4.69, 9.17) is 4.74 Å². The maximum atomic E-state index is 12.0. The summed E-state index contributed by atoms with van der Waals surface area (Å²) < 4.78 is 28.4. The first-order valence-electron chi connectivity index (χ1n) is 6.33. The zero-order valence-corrected chi connectivity index (χ0v) is 12.3. The van der Waals surface area contributed by atoms with Gasteiger partial charge in [-0.15, -0.1) is 0 Å².